The summed E-state index contributed by atoms with van der Waals surface area (Å²) in [6.45, 7) is 3.62. The minimum Gasteiger partial charge on any atom is -0.376 e. The molecule has 0 unspecified atom stereocenters. The van der Waals surface area contributed by atoms with E-state index in [0.29, 0.717) is 30.0 Å². The van der Waals surface area contributed by atoms with Crippen molar-refractivity contribution in [1.82, 2.24) is 19.5 Å². The summed E-state index contributed by atoms with van der Waals surface area (Å²) in [6.07, 6.45) is 2.84. The Balaban J connectivity index is 1.70. The maximum atomic E-state index is 12.5. The first-order valence-corrected chi connectivity index (χ1v) is 7.72. The summed E-state index contributed by atoms with van der Waals surface area (Å²) in [6, 6.07) is 1.82. The molecule has 0 aromatic carbocycles. The second-order valence-corrected chi connectivity index (χ2v) is 5.89. The number of ether oxygens (including phenoxy) is 1. The number of amides is 1. The van der Waals surface area contributed by atoms with Gasteiger partial charge in [0, 0.05) is 19.2 Å². The molecule has 4 heterocycles. The average Bonchev–Trinajstić information content (AvgIpc) is 3.22. The Labute approximate surface area is 126 Å². The number of hydrogen-bond acceptors (Lipinski definition) is 4. The van der Waals surface area contributed by atoms with Crippen LogP contribution in [0.4, 0.5) is 0 Å². The lowest BCUT2D eigenvalue weighted by Crippen LogP contribution is -2.32. The lowest BCUT2D eigenvalue weighted by molar-refractivity contribution is 0.0542. The second-order valence-electron chi connectivity index (χ2n) is 5.89. The number of carbonyl (C=O) groups is 1. The molecule has 116 valence electrons. The molecule has 4 rings (SSSR count). The number of carbonyl (C=O) groups excluding carboxylic acids is 1. The SMILES string of the molecule is CCc1cc2[nH]c3c(c(=O)n2n1)CN(C[C@H]1CCCO1)C3=O. The van der Waals surface area contributed by atoms with Crippen LogP contribution in [0, 0.1) is 0 Å². The number of nitrogens with zero attached hydrogens (tertiary/aromatic N) is 3. The van der Waals surface area contributed by atoms with Crippen LogP contribution < -0.4 is 5.56 Å². The third kappa shape index (κ3) is 1.96. The molecular weight excluding hydrogens is 284 g/mol. The fourth-order valence-corrected chi connectivity index (χ4v) is 3.22. The standard InChI is InChI=1S/C15H18N4O3/c1-2-9-6-12-16-13-11(14(20)19(12)17-9)8-18(15(13)21)7-10-4-3-5-22-10/h6,10,16H,2-5,7-8H2,1H3/t10-/m1/s1. The van der Waals surface area contributed by atoms with Gasteiger partial charge in [-0.2, -0.15) is 9.61 Å². The van der Waals surface area contributed by atoms with Crippen molar-refractivity contribution >= 4 is 11.6 Å². The van der Waals surface area contributed by atoms with Crippen molar-refractivity contribution < 1.29 is 9.53 Å². The zero-order valence-electron chi connectivity index (χ0n) is 12.5. The van der Waals surface area contributed by atoms with Crippen LogP contribution in [0.5, 0.6) is 0 Å². The number of aromatic nitrogens is 3. The van der Waals surface area contributed by atoms with Crippen molar-refractivity contribution in [1.29, 1.82) is 0 Å². The second kappa shape index (κ2) is 4.95. The molecule has 1 N–H and O–H groups in total. The molecule has 0 aliphatic carbocycles. The van der Waals surface area contributed by atoms with E-state index in [4.69, 9.17) is 4.74 Å². The van der Waals surface area contributed by atoms with Gasteiger partial charge in [0.2, 0.25) is 0 Å². The van der Waals surface area contributed by atoms with Gasteiger partial charge in [0.15, 0.2) is 0 Å². The Kier molecular flexibility index (Phi) is 3.04. The molecule has 2 aliphatic rings. The van der Waals surface area contributed by atoms with Crippen LogP contribution >= 0.6 is 0 Å². The molecule has 7 heteroatoms. The Morgan fingerprint density at radius 3 is 3.05 bits per heavy atom. The normalized spacial score (nSPS) is 21.0. The summed E-state index contributed by atoms with van der Waals surface area (Å²) >= 11 is 0. The summed E-state index contributed by atoms with van der Waals surface area (Å²) in [5.41, 5.74) is 2.11. The van der Waals surface area contributed by atoms with Crippen molar-refractivity contribution in [2.75, 3.05) is 13.2 Å². The molecule has 1 amide bonds. The number of H-pyrrole nitrogens is 1. The lowest BCUT2D eigenvalue weighted by atomic mass is 10.2. The van der Waals surface area contributed by atoms with Crippen LogP contribution in [0.2, 0.25) is 0 Å². The van der Waals surface area contributed by atoms with Gasteiger partial charge in [0.25, 0.3) is 11.5 Å². The number of aromatic amines is 1. The zero-order valence-corrected chi connectivity index (χ0v) is 12.5. The largest absolute Gasteiger partial charge is 0.376 e. The molecular formula is C15H18N4O3. The Morgan fingerprint density at radius 1 is 1.45 bits per heavy atom. The van der Waals surface area contributed by atoms with Gasteiger partial charge in [-0.05, 0) is 19.3 Å². The smallest absolute Gasteiger partial charge is 0.280 e. The van der Waals surface area contributed by atoms with Gasteiger partial charge in [0.1, 0.15) is 11.3 Å². The molecule has 0 spiro atoms. The highest BCUT2D eigenvalue weighted by Gasteiger charge is 2.34. The molecule has 2 aromatic rings. The van der Waals surface area contributed by atoms with Crippen molar-refractivity contribution in [3.63, 3.8) is 0 Å². The van der Waals surface area contributed by atoms with Gasteiger partial charge in [-0.3, -0.25) is 9.59 Å². The van der Waals surface area contributed by atoms with E-state index >= 15 is 0 Å². The number of nitrogens with one attached hydrogen (secondary N) is 1. The van der Waals surface area contributed by atoms with E-state index in [9.17, 15) is 9.59 Å². The summed E-state index contributed by atoms with van der Waals surface area (Å²) in [4.78, 5) is 29.8. The number of fused-ring (bicyclic) bond motifs is 2. The van der Waals surface area contributed by atoms with E-state index in [-0.39, 0.29) is 17.6 Å². The summed E-state index contributed by atoms with van der Waals surface area (Å²) < 4.78 is 6.95. The van der Waals surface area contributed by atoms with Gasteiger partial charge in [0.05, 0.1) is 23.9 Å². The van der Waals surface area contributed by atoms with E-state index in [1.807, 2.05) is 13.0 Å². The summed E-state index contributed by atoms with van der Waals surface area (Å²) in [5.74, 6) is -0.121. The minimum atomic E-state index is -0.202. The van der Waals surface area contributed by atoms with Gasteiger partial charge in [-0.15, -0.1) is 0 Å². The summed E-state index contributed by atoms with van der Waals surface area (Å²) in [5, 5.41) is 4.28. The minimum absolute atomic E-state index is 0.0872. The third-order valence-electron chi connectivity index (χ3n) is 4.43. The first kappa shape index (κ1) is 13.5. The van der Waals surface area contributed by atoms with Gasteiger partial charge >= 0.3 is 0 Å². The van der Waals surface area contributed by atoms with Crippen molar-refractivity contribution in [3.8, 4) is 0 Å². The summed E-state index contributed by atoms with van der Waals surface area (Å²) in [7, 11) is 0. The monoisotopic (exact) mass is 302 g/mol. The Morgan fingerprint density at radius 2 is 2.32 bits per heavy atom. The topological polar surface area (TPSA) is 79.7 Å². The van der Waals surface area contributed by atoms with Gasteiger partial charge < -0.3 is 14.6 Å². The molecule has 0 saturated carbocycles. The fraction of sp³-hybridized carbons (Fsp3) is 0.533. The van der Waals surface area contributed by atoms with E-state index in [2.05, 4.69) is 10.1 Å². The van der Waals surface area contributed by atoms with Crippen LogP contribution in [-0.4, -0.2) is 44.7 Å². The Hall–Kier alpha value is -2.15. The number of hydrogen-bond donors (Lipinski definition) is 1. The van der Waals surface area contributed by atoms with Crippen LogP contribution in [-0.2, 0) is 17.7 Å². The molecule has 0 bridgehead atoms. The maximum Gasteiger partial charge on any atom is 0.280 e. The molecule has 22 heavy (non-hydrogen) atoms. The number of rotatable bonds is 3. The highest BCUT2D eigenvalue weighted by Crippen LogP contribution is 2.22. The van der Waals surface area contributed by atoms with E-state index in [1.54, 1.807) is 4.90 Å². The molecule has 0 radical (unpaired) electrons. The van der Waals surface area contributed by atoms with Crippen LogP contribution in [0.1, 0.15) is 41.5 Å². The average molecular weight is 302 g/mol. The highest BCUT2D eigenvalue weighted by molar-refractivity contribution is 5.96. The third-order valence-corrected chi connectivity index (χ3v) is 4.43. The van der Waals surface area contributed by atoms with Crippen molar-refractivity contribution in [2.24, 2.45) is 0 Å². The van der Waals surface area contributed by atoms with E-state index in [0.717, 1.165) is 31.6 Å². The highest BCUT2D eigenvalue weighted by atomic mass is 16.5. The van der Waals surface area contributed by atoms with Crippen LogP contribution in [0.15, 0.2) is 10.9 Å². The predicted molar refractivity (Wildman–Crippen MR) is 78.9 cm³/mol. The fourth-order valence-electron chi connectivity index (χ4n) is 3.22. The molecule has 1 saturated heterocycles. The van der Waals surface area contributed by atoms with Crippen LogP contribution in [0.3, 0.4) is 0 Å². The van der Waals surface area contributed by atoms with E-state index in [1.165, 1.54) is 4.52 Å². The predicted octanol–water partition coefficient (Wildman–Crippen LogP) is 0.720. The molecule has 1 atom stereocenters. The van der Waals surface area contributed by atoms with Gasteiger partial charge in [-0.1, -0.05) is 6.92 Å². The molecule has 2 aliphatic heterocycles. The zero-order chi connectivity index (χ0) is 15.3. The number of aryl methyl sites for hydroxylation is 1. The lowest BCUT2D eigenvalue weighted by Gasteiger charge is -2.19. The van der Waals surface area contributed by atoms with Crippen LogP contribution in [0.25, 0.3) is 5.65 Å². The first-order valence-electron chi connectivity index (χ1n) is 7.72. The molecule has 7 nitrogen and oxygen atoms in total. The first-order chi connectivity index (χ1) is 10.7. The van der Waals surface area contributed by atoms with Gasteiger partial charge in [-0.25, -0.2) is 0 Å². The van der Waals surface area contributed by atoms with Crippen molar-refractivity contribution in [3.05, 3.63) is 33.4 Å². The van der Waals surface area contributed by atoms with Crippen molar-refractivity contribution in [2.45, 2.75) is 38.8 Å². The quantitative estimate of drug-likeness (QED) is 0.906. The molecule has 2 aromatic heterocycles. The Bertz CT molecular complexity index is 801. The maximum absolute atomic E-state index is 12.5. The molecule has 1 fully saturated rings. The van der Waals surface area contributed by atoms with E-state index < -0.39 is 0 Å².